The van der Waals surface area contributed by atoms with Crippen LogP contribution in [-0.4, -0.2) is 23.2 Å². The van der Waals surface area contributed by atoms with Crippen LogP contribution in [-0.2, 0) is 0 Å². The molecule has 36 heavy (non-hydrogen) atoms. The third kappa shape index (κ3) is 1.80. The fourth-order valence-electron chi connectivity index (χ4n) is 6.26. The van der Waals surface area contributed by atoms with Crippen molar-refractivity contribution in [3.05, 3.63) is 91.0 Å². The van der Waals surface area contributed by atoms with Gasteiger partial charge < -0.3 is 4.42 Å². The molecule has 5 aromatic carbocycles. The van der Waals surface area contributed by atoms with Gasteiger partial charge in [-0.2, -0.15) is 0 Å². The van der Waals surface area contributed by atoms with Crippen molar-refractivity contribution in [1.29, 1.82) is 0 Å². The lowest BCUT2D eigenvalue weighted by molar-refractivity contribution is 0.669. The number of imidazole rings is 4. The fraction of sp³-hybridized carbons (Fsp3) is 0. The Morgan fingerprint density at radius 3 is 2.22 bits per heavy atom. The van der Waals surface area contributed by atoms with E-state index in [0.29, 0.717) is 0 Å². The van der Waals surface area contributed by atoms with Crippen LogP contribution in [0, 0.1) is 0 Å². The van der Waals surface area contributed by atoms with E-state index in [4.69, 9.17) is 14.4 Å². The Kier molecular flexibility index (Phi) is 2.69. The second-order valence-electron chi connectivity index (χ2n) is 9.56. The minimum absolute atomic E-state index is 0.864. The molecule has 5 aromatic heterocycles. The van der Waals surface area contributed by atoms with Gasteiger partial charge in [0.05, 0.1) is 33.1 Å². The number of hydrogen-bond donors (Lipinski definition) is 0. The van der Waals surface area contributed by atoms with Gasteiger partial charge in [0.15, 0.2) is 0 Å². The summed E-state index contributed by atoms with van der Waals surface area (Å²) in [6.07, 6.45) is 0. The summed E-state index contributed by atoms with van der Waals surface area (Å²) in [5, 5.41) is 4.55. The number of hydrogen-bond acceptors (Lipinski definition) is 3. The number of aromatic nitrogens is 5. The van der Waals surface area contributed by atoms with Gasteiger partial charge in [-0.3, -0.25) is 8.80 Å². The lowest BCUT2D eigenvalue weighted by Gasteiger charge is -2.00. The van der Waals surface area contributed by atoms with Crippen LogP contribution in [0.25, 0.3) is 82.9 Å². The normalized spacial score (nSPS) is 13.0. The van der Waals surface area contributed by atoms with Gasteiger partial charge in [0, 0.05) is 22.2 Å². The molecule has 0 saturated heterocycles. The third-order valence-electron chi connectivity index (χ3n) is 7.77. The van der Waals surface area contributed by atoms with Gasteiger partial charge in [-0.1, -0.05) is 54.6 Å². The first-order valence-electron chi connectivity index (χ1n) is 12.0. The summed E-state index contributed by atoms with van der Waals surface area (Å²) in [7, 11) is 0. The zero-order valence-electron chi connectivity index (χ0n) is 18.8. The molecule has 10 rings (SSSR count). The van der Waals surface area contributed by atoms with Crippen LogP contribution >= 0.6 is 0 Å². The summed E-state index contributed by atoms with van der Waals surface area (Å²) < 4.78 is 12.9. The monoisotopic (exact) mass is 461 g/mol. The van der Waals surface area contributed by atoms with E-state index in [1.807, 2.05) is 18.2 Å². The van der Waals surface area contributed by atoms with Crippen molar-refractivity contribution in [2.24, 2.45) is 0 Å². The molecule has 0 bridgehead atoms. The molecule has 0 N–H and O–H groups in total. The Balaban J connectivity index is 1.44. The zero-order chi connectivity index (χ0) is 23.1. The minimum atomic E-state index is 0.864. The molecule has 0 saturated carbocycles. The summed E-state index contributed by atoms with van der Waals surface area (Å²) in [4.78, 5) is 10.3. The maximum Gasteiger partial charge on any atom is 0.223 e. The average Bonchev–Trinajstić information content (AvgIpc) is 3.69. The van der Waals surface area contributed by atoms with Crippen LogP contribution in [0.1, 0.15) is 0 Å². The van der Waals surface area contributed by atoms with Gasteiger partial charge in [-0.15, -0.1) is 0 Å². The van der Waals surface area contributed by atoms with E-state index >= 15 is 0 Å². The first kappa shape index (κ1) is 17.4. The predicted octanol–water partition coefficient (Wildman–Crippen LogP) is 7.18. The number of nitrogens with zero attached hydrogens (tertiary/aromatic N) is 5. The van der Waals surface area contributed by atoms with E-state index in [-0.39, 0.29) is 0 Å². The molecular weight excluding hydrogens is 446 g/mol. The van der Waals surface area contributed by atoms with Gasteiger partial charge in [0.2, 0.25) is 11.6 Å². The minimum Gasteiger partial charge on any atom is -0.456 e. The number of rotatable bonds is 0. The van der Waals surface area contributed by atoms with Crippen molar-refractivity contribution in [1.82, 2.24) is 23.2 Å². The highest BCUT2D eigenvalue weighted by Crippen LogP contribution is 2.38. The van der Waals surface area contributed by atoms with E-state index in [1.165, 1.54) is 5.39 Å². The van der Waals surface area contributed by atoms with Crippen molar-refractivity contribution in [2.45, 2.75) is 0 Å². The van der Waals surface area contributed by atoms with Crippen LogP contribution in [0.2, 0.25) is 0 Å². The van der Waals surface area contributed by atoms with E-state index in [0.717, 1.165) is 77.5 Å². The van der Waals surface area contributed by atoms with Crippen molar-refractivity contribution in [2.75, 3.05) is 0 Å². The van der Waals surface area contributed by atoms with E-state index in [9.17, 15) is 0 Å². The molecule has 0 aliphatic carbocycles. The fourth-order valence-corrected chi connectivity index (χ4v) is 6.26. The maximum absolute atomic E-state index is 6.21. The summed E-state index contributed by atoms with van der Waals surface area (Å²) in [6, 6.07) is 31.7. The van der Waals surface area contributed by atoms with Crippen LogP contribution in [0.15, 0.2) is 95.4 Å². The molecule has 0 aliphatic heterocycles. The Bertz CT molecular complexity index is 2540. The lowest BCUT2D eigenvalue weighted by Crippen LogP contribution is -1.87. The number of benzene rings is 5. The van der Waals surface area contributed by atoms with E-state index in [2.05, 4.69) is 86.0 Å². The smallest absolute Gasteiger partial charge is 0.223 e. The van der Waals surface area contributed by atoms with Gasteiger partial charge in [-0.25, -0.2) is 14.4 Å². The molecule has 0 atom stereocenters. The average molecular weight is 461 g/mol. The van der Waals surface area contributed by atoms with Crippen LogP contribution < -0.4 is 0 Å². The first-order chi connectivity index (χ1) is 17.8. The third-order valence-corrected chi connectivity index (χ3v) is 7.77. The zero-order valence-corrected chi connectivity index (χ0v) is 18.8. The molecule has 6 nitrogen and oxygen atoms in total. The Morgan fingerprint density at radius 2 is 1.31 bits per heavy atom. The van der Waals surface area contributed by atoms with Crippen LogP contribution in [0.4, 0.5) is 0 Å². The molecule has 0 radical (unpaired) electrons. The van der Waals surface area contributed by atoms with Gasteiger partial charge in [0.25, 0.3) is 0 Å². The van der Waals surface area contributed by atoms with Crippen molar-refractivity contribution in [3.8, 4) is 0 Å². The Hall–Kier alpha value is -5.10. The molecule has 0 unspecified atom stereocenters. The SMILES string of the molecule is c1ccc2c(c1)ccc1c2nc2n1c1cccc3c1n2c1nc2cc4c(cc2n31)oc1ccccc14. The van der Waals surface area contributed by atoms with Crippen molar-refractivity contribution >= 4 is 82.9 Å². The number of furan rings is 1. The molecule has 166 valence electrons. The van der Waals surface area contributed by atoms with Crippen molar-refractivity contribution < 1.29 is 4.42 Å². The highest BCUT2D eigenvalue weighted by molar-refractivity contribution is 6.12. The second-order valence-corrected chi connectivity index (χ2v) is 9.56. The molecular formula is C30H15N5O. The molecule has 5 heterocycles. The molecule has 0 aliphatic rings. The van der Waals surface area contributed by atoms with Crippen LogP contribution in [0.3, 0.4) is 0 Å². The molecule has 0 amide bonds. The first-order valence-corrected chi connectivity index (χ1v) is 12.0. The summed E-state index contributed by atoms with van der Waals surface area (Å²) in [5.74, 6) is 1.75. The van der Waals surface area contributed by atoms with Gasteiger partial charge in [-0.05, 0) is 35.7 Å². The standard InChI is InChI=1S/C30H15N5O/c1-2-7-17-16(6-1)12-13-21-27(17)32-30-33(21)22-9-5-10-23-28(22)35(30)29-31-20-14-19-18-8-3-4-11-25(18)36-26(19)15-24(20)34(23)29/h1-15H. The van der Waals surface area contributed by atoms with Gasteiger partial charge >= 0.3 is 0 Å². The Morgan fingerprint density at radius 1 is 0.528 bits per heavy atom. The van der Waals surface area contributed by atoms with Gasteiger partial charge in [0.1, 0.15) is 16.7 Å². The molecule has 0 fully saturated rings. The summed E-state index contributed by atoms with van der Waals surface area (Å²) in [5.41, 5.74) is 9.24. The van der Waals surface area contributed by atoms with E-state index < -0.39 is 0 Å². The molecule has 0 spiro atoms. The second kappa shape index (κ2) is 5.58. The quantitative estimate of drug-likeness (QED) is 0.240. The molecule has 6 heteroatoms. The highest BCUT2D eigenvalue weighted by Gasteiger charge is 2.24. The summed E-state index contributed by atoms with van der Waals surface area (Å²) in [6.45, 7) is 0. The van der Waals surface area contributed by atoms with E-state index in [1.54, 1.807) is 0 Å². The molecule has 10 aromatic rings. The highest BCUT2D eigenvalue weighted by atomic mass is 16.3. The summed E-state index contributed by atoms with van der Waals surface area (Å²) >= 11 is 0. The van der Waals surface area contributed by atoms with Crippen molar-refractivity contribution in [3.63, 3.8) is 0 Å². The number of para-hydroxylation sites is 2. The lowest BCUT2D eigenvalue weighted by atomic mass is 10.1. The predicted molar refractivity (Wildman–Crippen MR) is 143 cm³/mol. The largest absolute Gasteiger partial charge is 0.456 e. The number of fused-ring (bicyclic) bond motifs is 15. The maximum atomic E-state index is 6.21. The topological polar surface area (TPSA) is 52.2 Å². The Labute approximate surface area is 201 Å². The van der Waals surface area contributed by atoms with Crippen LogP contribution in [0.5, 0.6) is 0 Å².